The molecule has 5 nitrogen and oxygen atoms in total. The zero-order chi connectivity index (χ0) is 17.4. The van der Waals surface area contributed by atoms with Gasteiger partial charge >= 0.3 is 0 Å². The molecule has 0 radical (unpaired) electrons. The molecule has 1 saturated carbocycles. The van der Waals surface area contributed by atoms with Crippen molar-refractivity contribution >= 4 is 29.1 Å². The van der Waals surface area contributed by atoms with Crippen LogP contribution in [0, 0.1) is 0 Å². The molecule has 2 aromatic heterocycles. The second kappa shape index (κ2) is 6.50. The van der Waals surface area contributed by atoms with Crippen LogP contribution in [0.15, 0.2) is 55.1 Å². The smallest absolute Gasteiger partial charge is 0.270 e. The van der Waals surface area contributed by atoms with Crippen molar-refractivity contribution in [2.75, 3.05) is 0 Å². The number of amides is 1. The number of nitrogens with zero attached hydrogens (tertiary/aromatic N) is 3. The Morgan fingerprint density at radius 3 is 2.84 bits per heavy atom. The Balaban J connectivity index is 1.47. The fraction of sp³-hybridized carbons (Fsp3) is 0.167. The minimum absolute atomic E-state index is 0.0437. The number of nitrogens with one attached hydrogen (secondary N) is 1. The van der Waals surface area contributed by atoms with Crippen LogP contribution < -0.4 is 5.32 Å². The molecule has 1 fully saturated rings. The SMILES string of the molecule is O=C(N[C@H]1C[C@H]1c1cccc(Cl)c1Cl)c1cccc(-n2ccnc2)n1. The average Bonchev–Trinajstić information content (AvgIpc) is 3.15. The molecule has 0 aliphatic heterocycles. The monoisotopic (exact) mass is 372 g/mol. The summed E-state index contributed by atoms with van der Waals surface area (Å²) in [4.78, 5) is 20.9. The van der Waals surface area contributed by atoms with Crippen molar-refractivity contribution in [3.05, 3.63) is 76.4 Å². The molecule has 0 saturated heterocycles. The molecule has 1 N–H and O–H groups in total. The van der Waals surface area contributed by atoms with Gasteiger partial charge in [-0.15, -0.1) is 0 Å². The number of hydrogen-bond donors (Lipinski definition) is 1. The molecule has 0 spiro atoms. The lowest BCUT2D eigenvalue weighted by atomic mass is 10.1. The molecular weight excluding hydrogens is 359 g/mol. The molecule has 4 rings (SSSR count). The molecule has 3 aromatic rings. The highest BCUT2D eigenvalue weighted by molar-refractivity contribution is 6.42. The summed E-state index contributed by atoms with van der Waals surface area (Å²) in [6.07, 6.45) is 5.93. The Bertz CT molecular complexity index is 927. The molecule has 126 valence electrons. The van der Waals surface area contributed by atoms with E-state index in [-0.39, 0.29) is 17.9 Å². The number of carbonyl (C=O) groups is 1. The number of carbonyl (C=O) groups excluding carboxylic acids is 1. The highest BCUT2D eigenvalue weighted by Gasteiger charge is 2.41. The van der Waals surface area contributed by atoms with Crippen LogP contribution in [0.2, 0.25) is 10.0 Å². The van der Waals surface area contributed by atoms with E-state index in [1.54, 1.807) is 41.5 Å². The van der Waals surface area contributed by atoms with Gasteiger partial charge in [0.05, 0.1) is 10.0 Å². The Labute approximate surface area is 154 Å². The van der Waals surface area contributed by atoms with E-state index in [2.05, 4.69) is 15.3 Å². The molecule has 1 aliphatic rings. The van der Waals surface area contributed by atoms with E-state index < -0.39 is 0 Å². The standard InChI is InChI=1S/C18H14Cl2N4O/c19-13-4-1-3-11(17(13)20)12-9-15(12)23-18(25)14-5-2-6-16(22-14)24-8-7-21-10-24/h1-8,10,12,15H,9H2,(H,23,25)/t12-,15-/m0/s1. The zero-order valence-corrected chi connectivity index (χ0v) is 14.6. The van der Waals surface area contributed by atoms with Gasteiger partial charge in [0.15, 0.2) is 0 Å². The lowest BCUT2D eigenvalue weighted by Gasteiger charge is -2.08. The van der Waals surface area contributed by atoms with Crippen molar-refractivity contribution in [2.24, 2.45) is 0 Å². The minimum Gasteiger partial charge on any atom is -0.347 e. The van der Waals surface area contributed by atoms with E-state index in [1.807, 2.05) is 18.2 Å². The molecule has 0 bridgehead atoms. The number of aromatic nitrogens is 3. The van der Waals surface area contributed by atoms with E-state index in [9.17, 15) is 4.79 Å². The van der Waals surface area contributed by atoms with Gasteiger partial charge in [-0.25, -0.2) is 9.97 Å². The van der Waals surface area contributed by atoms with Gasteiger partial charge in [-0.1, -0.05) is 41.4 Å². The molecule has 2 heterocycles. The maximum Gasteiger partial charge on any atom is 0.270 e. The number of rotatable bonds is 4. The Morgan fingerprint density at radius 2 is 2.04 bits per heavy atom. The second-order valence-corrected chi connectivity index (χ2v) is 6.70. The fourth-order valence-corrected chi connectivity index (χ4v) is 3.28. The van der Waals surface area contributed by atoms with E-state index >= 15 is 0 Å². The van der Waals surface area contributed by atoms with Crippen LogP contribution in [-0.2, 0) is 0 Å². The zero-order valence-electron chi connectivity index (χ0n) is 13.1. The van der Waals surface area contributed by atoms with Crippen molar-refractivity contribution in [3.63, 3.8) is 0 Å². The van der Waals surface area contributed by atoms with Crippen molar-refractivity contribution < 1.29 is 4.79 Å². The summed E-state index contributed by atoms with van der Waals surface area (Å²) in [5.74, 6) is 0.634. The maximum atomic E-state index is 12.5. The molecule has 1 amide bonds. The van der Waals surface area contributed by atoms with Gasteiger partial charge in [0.25, 0.3) is 5.91 Å². The first kappa shape index (κ1) is 16.1. The first-order valence-corrected chi connectivity index (χ1v) is 8.59. The molecule has 1 aliphatic carbocycles. The number of halogens is 2. The topological polar surface area (TPSA) is 59.8 Å². The number of imidazole rings is 1. The first-order valence-electron chi connectivity index (χ1n) is 7.83. The Morgan fingerprint density at radius 1 is 1.20 bits per heavy atom. The van der Waals surface area contributed by atoms with Crippen LogP contribution in [-0.4, -0.2) is 26.5 Å². The number of benzene rings is 1. The van der Waals surface area contributed by atoms with E-state index in [0.29, 0.717) is 21.6 Å². The van der Waals surface area contributed by atoms with Gasteiger partial charge < -0.3 is 5.32 Å². The molecule has 7 heteroatoms. The molecule has 2 atom stereocenters. The average molecular weight is 373 g/mol. The van der Waals surface area contributed by atoms with E-state index in [0.717, 1.165) is 12.0 Å². The van der Waals surface area contributed by atoms with Crippen LogP contribution in [0.1, 0.15) is 28.4 Å². The number of pyridine rings is 1. The van der Waals surface area contributed by atoms with Gasteiger partial charge in [-0.05, 0) is 30.2 Å². The summed E-state index contributed by atoms with van der Waals surface area (Å²) >= 11 is 12.3. The van der Waals surface area contributed by atoms with E-state index in [4.69, 9.17) is 23.2 Å². The Kier molecular flexibility index (Phi) is 4.19. The third-order valence-corrected chi connectivity index (χ3v) is 5.06. The molecule has 1 aromatic carbocycles. The maximum absolute atomic E-state index is 12.5. The fourth-order valence-electron chi connectivity index (χ4n) is 2.84. The van der Waals surface area contributed by atoms with Crippen LogP contribution in [0.5, 0.6) is 0 Å². The van der Waals surface area contributed by atoms with Gasteiger partial charge in [0, 0.05) is 24.4 Å². The molecular formula is C18H14Cl2N4O. The first-order chi connectivity index (χ1) is 12.1. The van der Waals surface area contributed by atoms with Crippen molar-refractivity contribution in [1.82, 2.24) is 19.9 Å². The summed E-state index contributed by atoms with van der Waals surface area (Å²) in [5.41, 5.74) is 1.34. The molecule has 0 unspecified atom stereocenters. The predicted octanol–water partition coefficient (Wildman–Crippen LogP) is 3.86. The third kappa shape index (κ3) is 3.25. The summed E-state index contributed by atoms with van der Waals surface area (Å²) in [6.45, 7) is 0. The second-order valence-electron chi connectivity index (χ2n) is 5.92. The van der Waals surface area contributed by atoms with Gasteiger partial charge in [0.2, 0.25) is 0 Å². The summed E-state index contributed by atoms with van der Waals surface area (Å²) in [6, 6.07) is 10.9. The largest absolute Gasteiger partial charge is 0.347 e. The van der Waals surface area contributed by atoms with Crippen LogP contribution >= 0.6 is 23.2 Å². The van der Waals surface area contributed by atoms with Gasteiger partial charge in [-0.3, -0.25) is 9.36 Å². The van der Waals surface area contributed by atoms with Crippen molar-refractivity contribution in [1.29, 1.82) is 0 Å². The minimum atomic E-state index is -0.201. The molecule has 25 heavy (non-hydrogen) atoms. The summed E-state index contributed by atoms with van der Waals surface area (Å²) in [7, 11) is 0. The summed E-state index contributed by atoms with van der Waals surface area (Å²) < 4.78 is 1.75. The third-order valence-electron chi connectivity index (χ3n) is 4.22. The number of hydrogen-bond acceptors (Lipinski definition) is 3. The van der Waals surface area contributed by atoms with Crippen LogP contribution in [0.25, 0.3) is 5.82 Å². The van der Waals surface area contributed by atoms with Gasteiger partial charge in [0.1, 0.15) is 17.8 Å². The van der Waals surface area contributed by atoms with Crippen LogP contribution in [0.4, 0.5) is 0 Å². The lowest BCUT2D eigenvalue weighted by molar-refractivity contribution is 0.0945. The highest BCUT2D eigenvalue weighted by Crippen LogP contribution is 2.45. The van der Waals surface area contributed by atoms with E-state index in [1.165, 1.54) is 0 Å². The van der Waals surface area contributed by atoms with Gasteiger partial charge in [-0.2, -0.15) is 0 Å². The Hall–Kier alpha value is -2.37. The van der Waals surface area contributed by atoms with Crippen molar-refractivity contribution in [2.45, 2.75) is 18.4 Å². The predicted molar refractivity (Wildman–Crippen MR) is 96.4 cm³/mol. The lowest BCUT2D eigenvalue weighted by Crippen LogP contribution is -2.27. The van der Waals surface area contributed by atoms with Crippen molar-refractivity contribution in [3.8, 4) is 5.82 Å². The summed E-state index contributed by atoms with van der Waals surface area (Å²) in [5, 5.41) is 4.10. The quantitative estimate of drug-likeness (QED) is 0.756. The normalized spacial score (nSPS) is 18.8. The highest BCUT2D eigenvalue weighted by atomic mass is 35.5. The van der Waals surface area contributed by atoms with Crippen LogP contribution in [0.3, 0.4) is 0 Å².